The van der Waals surface area contributed by atoms with E-state index in [1.54, 1.807) is 6.07 Å². The largest absolute Gasteiger partial charge is 0.391 e. The number of aliphatic hydroxyl groups is 1. The van der Waals surface area contributed by atoms with Crippen molar-refractivity contribution in [2.75, 3.05) is 0 Å². The molecule has 0 unspecified atom stereocenters. The molecule has 0 radical (unpaired) electrons. The number of hydrogen-bond acceptors (Lipinski definition) is 4. The molecule has 0 fully saturated rings. The topological polar surface area (TPSA) is 66.4 Å². The lowest BCUT2D eigenvalue weighted by Crippen LogP contribution is -2.22. The van der Waals surface area contributed by atoms with Crippen molar-refractivity contribution in [2.45, 2.75) is 17.4 Å². The summed E-state index contributed by atoms with van der Waals surface area (Å²) in [7, 11) is -3.53. The number of rotatable bonds is 5. The molecular weight excluding hydrogens is 350 g/mol. The molecule has 0 saturated carbocycles. The van der Waals surface area contributed by atoms with Gasteiger partial charge in [-0.15, -0.1) is 11.3 Å². The number of halogens is 1. The van der Waals surface area contributed by atoms with E-state index in [9.17, 15) is 8.42 Å². The molecular formula is C12H12BrNO3S2. The maximum atomic E-state index is 12.0. The van der Waals surface area contributed by atoms with Crippen LogP contribution in [0.5, 0.6) is 0 Å². The summed E-state index contributed by atoms with van der Waals surface area (Å²) in [5.74, 6) is 0. The van der Waals surface area contributed by atoms with Gasteiger partial charge in [-0.3, -0.25) is 0 Å². The van der Waals surface area contributed by atoms with E-state index >= 15 is 0 Å². The Morgan fingerprint density at radius 1 is 1.21 bits per heavy atom. The minimum Gasteiger partial charge on any atom is -0.391 e. The van der Waals surface area contributed by atoms with Gasteiger partial charge in [0.1, 0.15) is 4.21 Å². The van der Waals surface area contributed by atoms with E-state index in [4.69, 9.17) is 5.11 Å². The first-order chi connectivity index (χ1) is 9.03. The van der Waals surface area contributed by atoms with Crippen LogP contribution in [0.3, 0.4) is 0 Å². The average Bonchev–Trinajstić information content (AvgIpc) is 2.87. The molecule has 1 aromatic heterocycles. The van der Waals surface area contributed by atoms with Crippen molar-refractivity contribution in [3.63, 3.8) is 0 Å². The van der Waals surface area contributed by atoms with Gasteiger partial charge < -0.3 is 5.11 Å². The monoisotopic (exact) mass is 361 g/mol. The fourth-order valence-electron chi connectivity index (χ4n) is 1.47. The Balaban J connectivity index is 2.12. The van der Waals surface area contributed by atoms with Crippen LogP contribution in [0.15, 0.2) is 45.1 Å². The Kier molecular flexibility index (Phi) is 4.75. The van der Waals surface area contributed by atoms with E-state index in [0.717, 1.165) is 21.4 Å². The molecule has 0 aliphatic heterocycles. The van der Waals surface area contributed by atoms with Crippen LogP contribution in [0.2, 0.25) is 0 Å². The molecule has 0 atom stereocenters. The molecule has 102 valence electrons. The van der Waals surface area contributed by atoms with Crippen molar-refractivity contribution in [2.24, 2.45) is 0 Å². The minimum atomic E-state index is -3.53. The van der Waals surface area contributed by atoms with Gasteiger partial charge in [-0.25, -0.2) is 13.1 Å². The van der Waals surface area contributed by atoms with Gasteiger partial charge >= 0.3 is 0 Å². The van der Waals surface area contributed by atoms with Gasteiger partial charge in [0.05, 0.1) is 6.61 Å². The van der Waals surface area contributed by atoms with Gasteiger partial charge in [-0.1, -0.05) is 34.1 Å². The average molecular weight is 362 g/mol. The molecule has 0 aliphatic carbocycles. The normalized spacial score (nSPS) is 11.7. The molecule has 1 aromatic carbocycles. The van der Waals surface area contributed by atoms with E-state index in [0.29, 0.717) is 4.88 Å². The maximum Gasteiger partial charge on any atom is 0.250 e. The van der Waals surface area contributed by atoms with Crippen LogP contribution in [0, 0.1) is 0 Å². The second kappa shape index (κ2) is 6.15. The van der Waals surface area contributed by atoms with Gasteiger partial charge in [-0.05, 0) is 23.8 Å². The number of nitrogens with one attached hydrogen (secondary N) is 1. The summed E-state index contributed by atoms with van der Waals surface area (Å²) in [6.07, 6.45) is 0. The zero-order valence-electron chi connectivity index (χ0n) is 9.84. The SMILES string of the molecule is O=S(=O)(NCc1ccccc1Br)c1ccc(CO)s1. The Morgan fingerprint density at radius 2 is 1.95 bits per heavy atom. The zero-order valence-corrected chi connectivity index (χ0v) is 13.1. The van der Waals surface area contributed by atoms with E-state index < -0.39 is 10.0 Å². The molecule has 1 heterocycles. The summed E-state index contributed by atoms with van der Waals surface area (Å²) in [5, 5.41) is 8.95. The van der Waals surface area contributed by atoms with E-state index in [-0.39, 0.29) is 17.4 Å². The lowest BCUT2D eigenvalue weighted by molar-refractivity contribution is 0.285. The fraction of sp³-hybridized carbons (Fsp3) is 0.167. The molecule has 2 aromatic rings. The van der Waals surface area contributed by atoms with Gasteiger partial charge in [0.2, 0.25) is 10.0 Å². The molecule has 19 heavy (non-hydrogen) atoms. The van der Waals surface area contributed by atoms with Crippen LogP contribution in [0.4, 0.5) is 0 Å². The lowest BCUT2D eigenvalue weighted by atomic mass is 10.2. The molecule has 0 spiro atoms. The van der Waals surface area contributed by atoms with E-state index in [1.807, 2.05) is 24.3 Å². The van der Waals surface area contributed by atoms with Crippen molar-refractivity contribution in [3.8, 4) is 0 Å². The molecule has 0 saturated heterocycles. The highest BCUT2D eigenvalue weighted by molar-refractivity contribution is 9.10. The Labute approximate surface area is 124 Å². The maximum absolute atomic E-state index is 12.0. The summed E-state index contributed by atoms with van der Waals surface area (Å²) in [5.41, 5.74) is 0.866. The highest BCUT2D eigenvalue weighted by atomic mass is 79.9. The van der Waals surface area contributed by atoms with Gasteiger partial charge in [-0.2, -0.15) is 0 Å². The fourth-order valence-corrected chi connectivity index (χ4v) is 4.17. The van der Waals surface area contributed by atoms with Crippen LogP contribution in [0.25, 0.3) is 0 Å². The van der Waals surface area contributed by atoms with Crippen molar-refractivity contribution in [3.05, 3.63) is 51.3 Å². The molecule has 4 nitrogen and oxygen atoms in total. The highest BCUT2D eigenvalue weighted by Gasteiger charge is 2.16. The quantitative estimate of drug-likeness (QED) is 0.859. The van der Waals surface area contributed by atoms with Crippen molar-refractivity contribution in [1.82, 2.24) is 4.72 Å². The van der Waals surface area contributed by atoms with Crippen molar-refractivity contribution >= 4 is 37.3 Å². The summed E-state index contributed by atoms with van der Waals surface area (Å²) in [4.78, 5) is 0.626. The Bertz CT molecular complexity index is 667. The third kappa shape index (κ3) is 3.64. The first-order valence-electron chi connectivity index (χ1n) is 5.45. The predicted octanol–water partition coefficient (Wildman–Crippen LogP) is 2.48. The first kappa shape index (κ1) is 14.7. The molecule has 2 N–H and O–H groups in total. The minimum absolute atomic E-state index is 0.148. The van der Waals surface area contributed by atoms with Crippen LogP contribution in [-0.4, -0.2) is 13.5 Å². The number of benzene rings is 1. The number of hydrogen-bond donors (Lipinski definition) is 2. The standard InChI is InChI=1S/C12H12BrNO3S2/c13-11-4-2-1-3-9(11)7-14-19(16,17)12-6-5-10(8-15)18-12/h1-6,14-15H,7-8H2. The first-order valence-corrected chi connectivity index (χ1v) is 8.55. The van der Waals surface area contributed by atoms with Crippen LogP contribution in [-0.2, 0) is 23.2 Å². The van der Waals surface area contributed by atoms with Crippen molar-refractivity contribution < 1.29 is 13.5 Å². The molecule has 0 bridgehead atoms. The van der Waals surface area contributed by atoms with Gasteiger partial charge in [0, 0.05) is 15.9 Å². The van der Waals surface area contributed by atoms with Crippen LogP contribution < -0.4 is 4.72 Å². The number of sulfonamides is 1. The van der Waals surface area contributed by atoms with Crippen LogP contribution >= 0.6 is 27.3 Å². The molecule has 0 aliphatic rings. The zero-order chi connectivity index (χ0) is 13.9. The van der Waals surface area contributed by atoms with Gasteiger partial charge in [0.25, 0.3) is 0 Å². The van der Waals surface area contributed by atoms with E-state index in [2.05, 4.69) is 20.7 Å². The molecule has 2 rings (SSSR count). The third-order valence-electron chi connectivity index (χ3n) is 2.47. The Morgan fingerprint density at radius 3 is 2.58 bits per heavy atom. The van der Waals surface area contributed by atoms with Gasteiger partial charge in [0.15, 0.2) is 0 Å². The molecule has 7 heteroatoms. The van der Waals surface area contributed by atoms with Crippen molar-refractivity contribution in [1.29, 1.82) is 0 Å². The second-order valence-electron chi connectivity index (χ2n) is 3.79. The lowest BCUT2D eigenvalue weighted by Gasteiger charge is -2.06. The number of aliphatic hydroxyl groups excluding tert-OH is 1. The highest BCUT2D eigenvalue weighted by Crippen LogP contribution is 2.22. The van der Waals surface area contributed by atoms with Crippen LogP contribution in [0.1, 0.15) is 10.4 Å². The third-order valence-corrected chi connectivity index (χ3v) is 6.20. The summed E-state index contributed by atoms with van der Waals surface area (Å²) in [6.45, 7) is 0.0700. The second-order valence-corrected chi connectivity index (χ2v) is 7.81. The molecule has 0 amide bonds. The summed E-state index contributed by atoms with van der Waals surface area (Å²) < 4.78 is 27.7. The predicted molar refractivity (Wildman–Crippen MR) is 78.4 cm³/mol. The van der Waals surface area contributed by atoms with E-state index in [1.165, 1.54) is 6.07 Å². The smallest absolute Gasteiger partial charge is 0.250 e. The summed E-state index contributed by atoms with van der Waals surface area (Å²) >= 11 is 4.44. The number of thiophene rings is 1. The Hall–Kier alpha value is -0.730. The summed E-state index contributed by atoms with van der Waals surface area (Å²) in [6, 6.07) is 10.5.